The van der Waals surface area contributed by atoms with Gasteiger partial charge in [-0.05, 0) is 34.8 Å². The molecule has 26 heavy (non-hydrogen) atoms. The number of amides is 2. The Balaban J connectivity index is 2.23. The second kappa shape index (κ2) is 7.52. The molecule has 0 saturated heterocycles. The van der Waals surface area contributed by atoms with Crippen LogP contribution in [0.25, 0.3) is 5.57 Å². The highest BCUT2D eigenvalue weighted by atomic mass is 16.5. The lowest BCUT2D eigenvalue weighted by molar-refractivity contribution is -0.126. The van der Waals surface area contributed by atoms with E-state index < -0.39 is 17.6 Å². The number of benzene rings is 1. The van der Waals surface area contributed by atoms with Gasteiger partial charge in [-0.3, -0.25) is 4.79 Å². The van der Waals surface area contributed by atoms with Crippen LogP contribution in [0.3, 0.4) is 0 Å². The molecule has 2 amide bonds. The van der Waals surface area contributed by atoms with E-state index in [1.165, 1.54) is 7.11 Å². The van der Waals surface area contributed by atoms with Crippen molar-refractivity contribution in [2.45, 2.75) is 52.6 Å². The van der Waals surface area contributed by atoms with Crippen LogP contribution in [0.5, 0.6) is 0 Å². The zero-order valence-corrected chi connectivity index (χ0v) is 16.4. The Hall–Kier alpha value is -2.30. The van der Waals surface area contributed by atoms with Crippen LogP contribution in [0.4, 0.5) is 4.79 Å². The fraction of sp³-hybridized carbons (Fsp3) is 0.524. The first-order chi connectivity index (χ1) is 12.1. The monoisotopic (exact) mass is 358 g/mol. The van der Waals surface area contributed by atoms with Crippen molar-refractivity contribution in [1.29, 1.82) is 0 Å². The van der Waals surface area contributed by atoms with Crippen molar-refractivity contribution in [2.75, 3.05) is 7.11 Å². The van der Waals surface area contributed by atoms with Gasteiger partial charge in [-0.25, -0.2) is 4.79 Å². The van der Waals surface area contributed by atoms with Gasteiger partial charge in [0.2, 0.25) is 5.91 Å². The fourth-order valence-corrected chi connectivity index (χ4v) is 3.06. The molecule has 0 radical (unpaired) electrons. The van der Waals surface area contributed by atoms with Gasteiger partial charge in [0.25, 0.3) is 0 Å². The van der Waals surface area contributed by atoms with Crippen LogP contribution in [-0.4, -0.2) is 31.2 Å². The predicted octanol–water partition coefficient (Wildman–Crippen LogP) is 3.76. The van der Waals surface area contributed by atoms with Crippen LogP contribution in [0, 0.1) is 10.8 Å². The maximum absolute atomic E-state index is 13.0. The number of ether oxygens (including phenoxy) is 1. The number of alkyl carbamates (subject to hydrolysis) is 1. The highest BCUT2D eigenvalue weighted by Crippen LogP contribution is 2.51. The lowest BCUT2D eigenvalue weighted by Gasteiger charge is -2.34. The van der Waals surface area contributed by atoms with Gasteiger partial charge >= 0.3 is 6.09 Å². The Morgan fingerprint density at radius 2 is 1.73 bits per heavy atom. The Morgan fingerprint density at radius 3 is 2.19 bits per heavy atom. The highest BCUT2D eigenvalue weighted by molar-refractivity contribution is 5.88. The first-order valence-corrected chi connectivity index (χ1v) is 8.97. The SMILES string of the molecule is C=C(c1ccccc1)[C@H](NC(=O)C(NC(=O)OC)C(C)(C)C)C1(C)CC1. The smallest absolute Gasteiger partial charge is 0.407 e. The zero-order valence-electron chi connectivity index (χ0n) is 16.4. The van der Waals surface area contributed by atoms with Crippen LogP contribution < -0.4 is 10.6 Å². The molecule has 5 heteroatoms. The first-order valence-electron chi connectivity index (χ1n) is 8.97. The van der Waals surface area contributed by atoms with Crippen LogP contribution in [0.15, 0.2) is 36.9 Å². The van der Waals surface area contributed by atoms with Crippen molar-refractivity contribution in [3.8, 4) is 0 Å². The Morgan fingerprint density at radius 1 is 1.15 bits per heavy atom. The lowest BCUT2D eigenvalue weighted by Crippen LogP contribution is -2.56. The van der Waals surface area contributed by atoms with Crippen molar-refractivity contribution in [3.63, 3.8) is 0 Å². The largest absolute Gasteiger partial charge is 0.453 e. The summed E-state index contributed by atoms with van der Waals surface area (Å²) in [6, 6.07) is 9.00. The minimum absolute atomic E-state index is 0.00369. The van der Waals surface area contributed by atoms with E-state index in [2.05, 4.69) is 28.9 Å². The quantitative estimate of drug-likeness (QED) is 0.814. The molecule has 1 aromatic rings. The first kappa shape index (κ1) is 20.0. The molecule has 1 aliphatic carbocycles. The van der Waals surface area contributed by atoms with E-state index in [0.29, 0.717) is 0 Å². The standard InChI is InChI=1S/C21H30N2O3/c1-14(15-10-8-7-9-11-15)16(21(5)12-13-21)22-18(24)17(20(2,3)4)23-19(25)26-6/h7-11,16-17H,1,12-13H2,2-6H3,(H,22,24)(H,23,25)/t16-,17?/m0/s1. The van der Waals surface area contributed by atoms with Crippen LogP contribution in [0.2, 0.25) is 0 Å². The summed E-state index contributed by atoms with van der Waals surface area (Å²) in [6.45, 7) is 12.1. The van der Waals surface area contributed by atoms with Gasteiger partial charge in [0.15, 0.2) is 0 Å². The molecule has 1 saturated carbocycles. The summed E-state index contributed by atoms with van der Waals surface area (Å²) >= 11 is 0. The lowest BCUT2D eigenvalue weighted by atomic mass is 9.84. The van der Waals surface area contributed by atoms with E-state index in [9.17, 15) is 9.59 Å². The summed E-state index contributed by atoms with van der Waals surface area (Å²) < 4.78 is 4.68. The molecule has 2 N–H and O–H groups in total. The summed E-state index contributed by atoms with van der Waals surface area (Å²) in [5, 5.41) is 5.80. The molecule has 1 fully saturated rings. The van der Waals surface area contributed by atoms with Crippen molar-refractivity contribution < 1.29 is 14.3 Å². The van der Waals surface area contributed by atoms with Gasteiger partial charge in [-0.1, -0.05) is 64.6 Å². The average molecular weight is 358 g/mol. The fourth-order valence-electron chi connectivity index (χ4n) is 3.06. The van der Waals surface area contributed by atoms with E-state index in [4.69, 9.17) is 0 Å². The van der Waals surface area contributed by atoms with Crippen molar-refractivity contribution in [3.05, 3.63) is 42.5 Å². The van der Waals surface area contributed by atoms with E-state index in [1.54, 1.807) is 0 Å². The van der Waals surface area contributed by atoms with Gasteiger partial charge in [-0.2, -0.15) is 0 Å². The van der Waals surface area contributed by atoms with Crippen LogP contribution >= 0.6 is 0 Å². The molecule has 2 atom stereocenters. The Kier molecular flexibility index (Phi) is 5.79. The molecular weight excluding hydrogens is 328 g/mol. The summed E-state index contributed by atoms with van der Waals surface area (Å²) in [6.07, 6.45) is 1.46. The Labute approximate surface area is 156 Å². The molecule has 0 aromatic heterocycles. The predicted molar refractivity (Wildman–Crippen MR) is 104 cm³/mol. The third kappa shape index (κ3) is 4.65. The summed E-state index contributed by atoms with van der Waals surface area (Å²) in [7, 11) is 1.29. The van der Waals surface area contributed by atoms with Crippen molar-refractivity contribution in [2.24, 2.45) is 10.8 Å². The number of hydrogen-bond acceptors (Lipinski definition) is 3. The van der Waals surface area contributed by atoms with Crippen molar-refractivity contribution in [1.82, 2.24) is 10.6 Å². The molecule has 1 aliphatic rings. The molecule has 1 aromatic carbocycles. The molecule has 0 bridgehead atoms. The molecule has 1 unspecified atom stereocenters. The van der Waals surface area contributed by atoms with Gasteiger partial charge in [0.05, 0.1) is 13.2 Å². The maximum atomic E-state index is 13.0. The third-order valence-corrected chi connectivity index (χ3v) is 5.09. The van der Waals surface area contributed by atoms with E-state index in [-0.39, 0.29) is 17.4 Å². The van der Waals surface area contributed by atoms with Crippen LogP contribution in [0.1, 0.15) is 46.1 Å². The van der Waals surface area contributed by atoms with Gasteiger partial charge in [-0.15, -0.1) is 0 Å². The molecule has 142 valence electrons. The number of nitrogens with one attached hydrogen (secondary N) is 2. The highest BCUT2D eigenvalue weighted by Gasteiger charge is 2.48. The Bertz CT molecular complexity index is 672. The number of hydrogen-bond donors (Lipinski definition) is 2. The van der Waals surface area contributed by atoms with E-state index in [0.717, 1.165) is 24.0 Å². The second-order valence-electron chi connectivity index (χ2n) is 8.42. The minimum Gasteiger partial charge on any atom is -0.453 e. The minimum atomic E-state index is -0.705. The summed E-state index contributed by atoms with van der Waals surface area (Å²) in [5.41, 5.74) is 1.45. The van der Waals surface area contributed by atoms with Gasteiger partial charge in [0.1, 0.15) is 6.04 Å². The number of methoxy groups -OCH3 is 1. The number of carbonyl (C=O) groups is 2. The van der Waals surface area contributed by atoms with Crippen LogP contribution in [-0.2, 0) is 9.53 Å². The normalized spacial score (nSPS) is 17.6. The van der Waals surface area contributed by atoms with E-state index >= 15 is 0 Å². The van der Waals surface area contributed by atoms with Crippen molar-refractivity contribution >= 4 is 17.6 Å². The number of carbonyl (C=O) groups excluding carboxylic acids is 2. The zero-order chi connectivity index (χ0) is 19.5. The molecule has 0 aliphatic heterocycles. The second-order valence-corrected chi connectivity index (χ2v) is 8.42. The van der Waals surface area contributed by atoms with Gasteiger partial charge < -0.3 is 15.4 Å². The molecule has 2 rings (SSSR count). The molecule has 5 nitrogen and oxygen atoms in total. The third-order valence-electron chi connectivity index (χ3n) is 5.09. The summed E-state index contributed by atoms with van der Waals surface area (Å²) in [4.78, 5) is 24.7. The molecular formula is C21H30N2O3. The topological polar surface area (TPSA) is 67.4 Å². The van der Waals surface area contributed by atoms with E-state index in [1.807, 2.05) is 51.1 Å². The summed E-state index contributed by atoms with van der Waals surface area (Å²) in [5.74, 6) is -0.224. The average Bonchev–Trinajstić information content (AvgIpc) is 3.34. The molecule has 0 heterocycles. The molecule has 0 spiro atoms. The van der Waals surface area contributed by atoms with Gasteiger partial charge in [0, 0.05) is 0 Å². The maximum Gasteiger partial charge on any atom is 0.407 e. The number of rotatable bonds is 6.